The van der Waals surface area contributed by atoms with Gasteiger partial charge in [0, 0.05) is 0 Å². The largest absolute Gasteiger partial charge is 0.324 e. The van der Waals surface area contributed by atoms with Crippen molar-refractivity contribution in [3.8, 4) is 0 Å². The van der Waals surface area contributed by atoms with Crippen LogP contribution in [-0.4, -0.2) is 26.7 Å². The molecule has 0 unspecified atom stereocenters. The molecule has 0 saturated carbocycles. The van der Waals surface area contributed by atoms with Gasteiger partial charge in [-0.05, 0) is 20.0 Å². The van der Waals surface area contributed by atoms with Crippen LogP contribution in [0.5, 0.6) is 0 Å². The second-order valence-electron chi connectivity index (χ2n) is 4.45. The van der Waals surface area contributed by atoms with Crippen molar-refractivity contribution in [1.82, 2.24) is 0 Å². The molecule has 1 nitrogen and oxygen atoms in total. The maximum absolute atomic E-state index is 10.2. The third kappa shape index (κ3) is 9.60. The molecule has 0 fully saturated rings. The topological polar surface area (TPSA) is 17.1 Å². The first kappa shape index (κ1) is 13.5. The van der Waals surface area contributed by atoms with Crippen LogP contribution in [0, 0.1) is 0 Å². The fraction of sp³-hybridized carbons (Fsp3) is 0.455. The molecular weight excluding hydrogens is 190 g/mol. The monoisotopic (exact) mass is 210 g/mol. The van der Waals surface area contributed by atoms with E-state index in [0.29, 0.717) is 6.71 Å². The molecule has 1 aromatic rings. The molecule has 0 aliphatic rings. The number of rotatable bonds is 1. The molecule has 1 aromatic carbocycles. The Bertz CT molecular complexity index is 281. The van der Waals surface area contributed by atoms with Crippen LogP contribution in [-0.2, 0) is 4.57 Å². The van der Waals surface area contributed by atoms with Gasteiger partial charge in [-0.2, -0.15) is 0 Å². The summed E-state index contributed by atoms with van der Waals surface area (Å²) in [4.78, 5) is 0. The van der Waals surface area contributed by atoms with E-state index in [4.69, 9.17) is 0 Å². The van der Waals surface area contributed by atoms with Crippen LogP contribution < -0.4 is 5.46 Å². The number of benzene rings is 1. The van der Waals surface area contributed by atoms with Crippen molar-refractivity contribution < 1.29 is 4.57 Å². The van der Waals surface area contributed by atoms with Crippen LogP contribution in [0.25, 0.3) is 0 Å². The summed E-state index contributed by atoms with van der Waals surface area (Å²) in [5.74, 6) is 0. The van der Waals surface area contributed by atoms with E-state index in [1.165, 1.54) is 5.46 Å². The van der Waals surface area contributed by atoms with Crippen molar-refractivity contribution in [1.29, 1.82) is 0 Å². The molecule has 0 radical (unpaired) electrons. The second kappa shape index (κ2) is 6.08. The molecule has 0 saturated heterocycles. The van der Waals surface area contributed by atoms with Crippen molar-refractivity contribution in [2.24, 2.45) is 0 Å². The fourth-order valence-electron chi connectivity index (χ4n) is 0.838. The average molecular weight is 210 g/mol. The van der Waals surface area contributed by atoms with Crippen LogP contribution in [0.4, 0.5) is 0 Å². The van der Waals surface area contributed by atoms with Crippen molar-refractivity contribution in [3.05, 3.63) is 30.3 Å². The summed E-state index contributed by atoms with van der Waals surface area (Å²) in [5.41, 5.74) is 1.41. The molecule has 0 atom stereocenters. The summed E-state index contributed by atoms with van der Waals surface area (Å²) < 4.78 is 10.2. The van der Waals surface area contributed by atoms with E-state index in [9.17, 15) is 4.57 Å². The quantitative estimate of drug-likeness (QED) is 0.514. The minimum Gasteiger partial charge on any atom is -0.324 e. The smallest absolute Gasteiger partial charge is 0.169 e. The molecule has 3 heteroatoms. The van der Waals surface area contributed by atoms with Crippen LogP contribution in [0.3, 0.4) is 0 Å². The molecule has 78 valence electrons. The molecule has 14 heavy (non-hydrogen) atoms. The van der Waals surface area contributed by atoms with Crippen LogP contribution >= 0.6 is 7.14 Å². The van der Waals surface area contributed by atoms with Gasteiger partial charge in [0.25, 0.3) is 0 Å². The Kier molecular flexibility index (Phi) is 5.87. The van der Waals surface area contributed by atoms with Gasteiger partial charge in [-0.15, -0.1) is 0 Å². The maximum Gasteiger partial charge on any atom is 0.169 e. The molecular formula is C11H20BOP. The third-order valence-electron chi connectivity index (χ3n) is 1.47. The molecule has 0 aliphatic carbocycles. The first-order chi connectivity index (χ1) is 6.30. The van der Waals surface area contributed by atoms with E-state index in [-0.39, 0.29) is 0 Å². The van der Waals surface area contributed by atoms with Gasteiger partial charge >= 0.3 is 0 Å². The van der Waals surface area contributed by atoms with Crippen LogP contribution in [0.15, 0.2) is 30.3 Å². The molecule has 0 aliphatic heterocycles. The lowest BCUT2D eigenvalue weighted by molar-refractivity contribution is 0.586. The Hall–Kier alpha value is -0.485. The highest BCUT2D eigenvalue weighted by molar-refractivity contribution is 7.61. The zero-order valence-corrected chi connectivity index (χ0v) is 10.7. The molecule has 0 heterocycles. The summed E-state index contributed by atoms with van der Waals surface area (Å²) in [5, 5.41) is 0. The predicted octanol–water partition coefficient (Wildman–Crippen LogP) is 2.89. The van der Waals surface area contributed by atoms with Gasteiger partial charge in [-0.25, -0.2) is 0 Å². The third-order valence-corrected chi connectivity index (χ3v) is 1.47. The molecule has 0 N–H and O–H groups in total. The van der Waals surface area contributed by atoms with Gasteiger partial charge < -0.3 is 4.57 Å². The Balaban J connectivity index is 0.000000292. The van der Waals surface area contributed by atoms with E-state index in [2.05, 4.69) is 37.9 Å². The van der Waals surface area contributed by atoms with Gasteiger partial charge in [0.1, 0.15) is 0 Å². The SMILES string of the molecule is CB(C)c1ccccc1.CP(C)(C)=O. The summed E-state index contributed by atoms with van der Waals surface area (Å²) in [6.07, 6.45) is 0. The highest BCUT2D eigenvalue weighted by Crippen LogP contribution is 2.28. The lowest BCUT2D eigenvalue weighted by Gasteiger charge is -1.98. The minimum absolute atomic E-state index is 0.659. The fourth-order valence-corrected chi connectivity index (χ4v) is 0.838. The normalized spacial score (nSPS) is 10.1. The maximum atomic E-state index is 10.2. The number of hydrogen-bond donors (Lipinski definition) is 0. The van der Waals surface area contributed by atoms with Crippen molar-refractivity contribution in [2.45, 2.75) is 13.6 Å². The van der Waals surface area contributed by atoms with E-state index >= 15 is 0 Å². The van der Waals surface area contributed by atoms with Gasteiger partial charge in [0.05, 0.1) is 7.14 Å². The van der Waals surface area contributed by atoms with E-state index < -0.39 is 7.14 Å². The lowest BCUT2D eigenvalue weighted by atomic mass is 9.49. The molecule has 0 spiro atoms. The zero-order valence-electron chi connectivity index (χ0n) is 9.82. The Morgan fingerprint density at radius 2 is 1.36 bits per heavy atom. The summed E-state index contributed by atoms with van der Waals surface area (Å²) in [6.45, 7) is 10.3. The molecule has 0 bridgehead atoms. The van der Waals surface area contributed by atoms with E-state index in [0.717, 1.165) is 0 Å². The Morgan fingerprint density at radius 1 is 1.00 bits per heavy atom. The van der Waals surface area contributed by atoms with Gasteiger partial charge in [-0.1, -0.05) is 49.4 Å². The van der Waals surface area contributed by atoms with Gasteiger partial charge in [0.15, 0.2) is 6.71 Å². The summed E-state index contributed by atoms with van der Waals surface area (Å²) in [6, 6.07) is 10.5. The van der Waals surface area contributed by atoms with Crippen LogP contribution in [0.2, 0.25) is 13.6 Å². The van der Waals surface area contributed by atoms with Crippen LogP contribution in [0.1, 0.15) is 0 Å². The first-order valence-electron chi connectivity index (χ1n) is 4.88. The lowest BCUT2D eigenvalue weighted by Crippen LogP contribution is -2.21. The van der Waals surface area contributed by atoms with Crippen molar-refractivity contribution >= 4 is 19.3 Å². The minimum atomic E-state index is -1.64. The predicted molar refractivity (Wildman–Crippen MR) is 68.9 cm³/mol. The van der Waals surface area contributed by atoms with Crippen molar-refractivity contribution in [3.63, 3.8) is 0 Å². The average Bonchev–Trinajstić information content (AvgIpc) is 2.03. The van der Waals surface area contributed by atoms with E-state index in [1.54, 1.807) is 20.0 Å². The van der Waals surface area contributed by atoms with Gasteiger partial charge in [-0.3, -0.25) is 0 Å². The first-order valence-corrected chi connectivity index (χ1v) is 7.93. The Labute approximate surface area is 88.4 Å². The van der Waals surface area contributed by atoms with Gasteiger partial charge in [0.2, 0.25) is 0 Å². The molecule has 0 amide bonds. The summed E-state index contributed by atoms with van der Waals surface area (Å²) in [7, 11) is -1.64. The highest BCUT2D eigenvalue weighted by atomic mass is 31.2. The summed E-state index contributed by atoms with van der Waals surface area (Å²) >= 11 is 0. The van der Waals surface area contributed by atoms with E-state index in [1.807, 2.05) is 6.07 Å². The zero-order chi connectivity index (χ0) is 11.2. The second-order valence-corrected chi connectivity index (χ2v) is 8.23. The molecule has 1 rings (SSSR count). The molecule has 0 aromatic heterocycles. The number of hydrogen-bond acceptors (Lipinski definition) is 1. The Morgan fingerprint density at radius 3 is 1.57 bits per heavy atom. The van der Waals surface area contributed by atoms with Crippen molar-refractivity contribution in [2.75, 3.05) is 20.0 Å². The highest BCUT2D eigenvalue weighted by Gasteiger charge is 1.98. The standard InChI is InChI=1S/C8H11B.C3H9OP/c1-9(2)8-6-4-3-5-7-8;1-5(2,3)4/h3-7H,1-2H3;1-3H3.